The van der Waals surface area contributed by atoms with Crippen molar-refractivity contribution in [3.05, 3.63) is 97.1 Å². The van der Waals surface area contributed by atoms with Gasteiger partial charge >= 0.3 is 5.97 Å². The van der Waals surface area contributed by atoms with E-state index in [0.29, 0.717) is 19.3 Å². The van der Waals surface area contributed by atoms with Gasteiger partial charge in [0.15, 0.2) is 0 Å². The fourth-order valence-corrected chi connectivity index (χ4v) is 9.57. The summed E-state index contributed by atoms with van der Waals surface area (Å²) in [4.78, 5) is 11.2. The van der Waals surface area contributed by atoms with E-state index >= 15 is 0 Å². The van der Waals surface area contributed by atoms with Gasteiger partial charge in [0.05, 0.1) is 13.2 Å². The molecule has 0 radical (unpaired) electrons. The van der Waals surface area contributed by atoms with Crippen molar-refractivity contribution < 1.29 is 14.0 Å². The number of benzene rings is 2. The third-order valence-electron chi connectivity index (χ3n) is 7.08. The van der Waals surface area contributed by atoms with Gasteiger partial charge in [0.1, 0.15) is 0 Å². The summed E-state index contributed by atoms with van der Waals surface area (Å²) in [5.41, 5.74) is 0. The van der Waals surface area contributed by atoms with Gasteiger partial charge in [-0.1, -0.05) is 144 Å². The molecule has 1 atom stereocenters. The Balaban J connectivity index is 2.27. The van der Waals surface area contributed by atoms with Crippen LogP contribution in [0.2, 0.25) is 5.04 Å². The molecule has 0 amide bonds. The number of allylic oxidation sites excluding steroid dienone is 4. The first-order chi connectivity index (χ1) is 19.8. The largest absolute Gasteiger partial charge is 0.469 e. The Bertz CT molecular complexity index is 1110. The van der Waals surface area contributed by atoms with E-state index in [1.807, 2.05) is 0 Å². The smallest absolute Gasteiger partial charge is 0.305 e. The van der Waals surface area contributed by atoms with Gasteiger partial charge < -0.3 is 9.16 Å². The van der Waals surface area contributed by atoms with E-state index < -0.39 is 8.32 Å². The van der Waals surface area contributed by atoms with Crippen LogP contribution in [-0.4, -0.2) is 27.5 Å². The van der Waals surface area contributed by atoms with Gasteiger partial charge in [-0.25, -0.2) is 0 Å². The van der Waals surface area contributed by atoms with E-state index in [0.717, 1.165) is 19.3 Å². The van der Waals surface area contributed by atoms with Gasteiger partial charge in [0.25, 0.3) is 8.32 Å². The lowest BCUT2D eigenvalue weighted by atomic mass is 10.1. The molecule has 3 nitrogen and oxygen atoms in total. The molecule has 0 aliphatic carbocycles. The van der Waals surface area contributed by atoms with E-state index in [2.05, 4.69) is 141 Å². The molecule has 0 aromatic heterocycles. The van der Waals surface area contributed by atoms with Crippen LogP contribution in [0.1, 0.15) is 85.5 Å². The van der Waals surface area contributed by atoms with Gasteiger partial charge in [-0.2, -0.15) is 0 Å². The molecule has 0 heterocycles. The number of unbranched alkanes of at least 4 members (excludes halogenated alkanes) is 4. The van der Waals surface area contributed by atoms with Crippen LogP contribution in [0.5, 0.6) is 0 Å². The standard InChI is InChI=1S/C37H50O3Si/c1-6-7-8-9-14-19-26-33(27-20-15-12-10-11-13-16-25-32-36(38)39-5)40-41(37(2,3)4,34-28-21-17-22-29-34)35-30-23-18-24-31-35/h12,14-15,17-24,27-31,33H,6-10,16,25-26,32H2,1-5H3/b15-12-,19-14-,27-20+. The molecular weight excluding hydrogens is 520 g/mol. The summed E-state index contributed by atoms with van der Waals surface area (Å²) in [5.74, 6) is 6.12. The van der Waals surface area contributed by atoms with E-state index in [-0.39, 0.29) is 17.1 Å². The predicted molar refractivity (Wildman–Crippen MR) is 177 cm³/mol. The number of esters is 1. The zero-order valence-corrected chi connectivity index (χ0v) is 26.9. The first kappa shape index (κ1) is 34.1. The number of hydrogen-bond donors (Lipinski definition) is 0. The first-order valence-corrected chi connectivity index (χ1v) is 17.1. The summed E-state index contributed by atoms with van der Waals surface area (Å²) in [7, 11) is -1.25. The lowest BCUT2D eigenvalue weighted by Gasteiger charge is -2.44. The minimum atomic E-state index is -2.66. The maximum atomic E-state index is 11.2. The number of ether oxygens (including phenoxy) is 1. The minimum Gasteiger partial charge on any atom is -0.469 e. The summed E-state index contributed by atoms with van der Waals surface area (Å²) >= 11 is 0. The molecule has 1 unspecified atom stereocenters. The van der Waals surface area contributed by atoms with E-state index in [9.17, 15) is 4.79 Å². The van der Waals surface area contributed by atoms with Crippen molar-refractivity contribution in [3.63, 3.8) is 0 Å². The van der Waals surface area contributed by atoms with Crippen molar-refractivity contribution in [1.29, 1.82) is 0 Å². The van der Waals surface area contributed by atoms with Crippen LogP contribution >= 0.6 is 0 Å². The van der Waals surface area contributed by atoms with Crippen molar-refractivity contribution in [2.75, 3.05) is 7.11 Å². The molecule has 41 heavy (non-hydrogen) atoms. The van der Waals surface area contributed by atoms with Crippen molar-refractivity contribution in [2.45, 2.75) is 96.6 Å². The van der Waals surface area contributed by atoms with Crippen LogP contribution in [0.3, 0.4) is 0 Å². The number of carbonyl (C=O) groups is 1. The predicted octanol–water partition coefficient (Wildman–Crippen LogP) is 8.31. The summed E-state index contributed by atoms with van der Waals surface area (Å²) in [5, 5.41) is 2.51. The third-order valence-corrected chi connectivity index (χ3v) is 12.1. The van der Waals surface area contributed by atoms with Crippen LogP contribution in [0.4, 0.5) is 0 Å². The molecule has 0 spiro atoms. The number of hydrogen-bond acceptors (Lipinski definition) is 3. The molecule has 0 fully saturated rings. The molecular formula is C37H50O3Si. The molecule has 2 aromatic rings. The van der Waals surface area contributed by atoms with Gasteiger partial charge in [0, 0.05) is 19.3 Å². The van der Waals surface area contributed by atoms with E-state index in [4.69, 9.17) is 4.43 Å². The van der Waals surface area contributed by atoms with Gasteiger partial charge in [-0.15, -0.1) is 5.92 Å². The lowest BCUT2D eigenvalue weighted by molar-refractivity contribution is -0.140. The van der Waals surface area contributed by atoms with Gasteiger partial charge in [-0.3, -0.25) is 4.79 Å². The Morgan fingerprint density at radius 3 is 2.12 bits per heavy atom. The normalized spacial score (nSPS) is 13.0. The second-order valence-electron chi connectivity index (χ2n) is 11.3. The maximum absolute atomic E-state index is 11.2. The SMILES string of the molecule is CCCCC/C=C\CC(/C=C/C=C\CC#CCCCC(=O)OC)O[Si](c1ccccc1)(c1ccccc1)C(C)(C)C. The summed E-state index contributed by atoms with van der Waals surface area (Å²) < 4.78 is 12.1. The Kier molecular flexibility index (Phi) is 15.8. The zero-order chi connectivity index (χ0) is 29.8. The highest BCUT2D eigenvalue weighted by molar-refractivity contribution is 6.99. The van der Waals surface area contributed by atoms with Crippen LogP contribution in [0.15, 0.2) is 97.1 Å². The third kappa shape index (κ3) is 11.7. The fraction of sp³-hybridized carbons (Fsp3) is 0.432. The number of methoxy groups -OCH3 is 1. The minimum absolute atomic E-state index is 0.0576. The van der Waals surface area contributed by atoms with Crippen LogP contribution in [0, 0.1) is 11.8 Å². The Labute approximate surface area is 250 Å². The second-order valence-corrected chi connectivity index (χ2v) is 15.6. The monoisotopic (exact) mass is 570 g/mol. The van der Waals surface area contributed by atoms with E-state index in [1.54, 1.807) is 0 Å². The molecule has 4 heteroatoms. The van der Waals surface area contributed by atoms with Crippen LogP contribution < -0.4 is 10.4 Å². The summed E-state index contributed by atoms with van der Waals surface area (Å²) in [6.45, 7) is 9.21. The Hall–Kier alpha value is -3.13. The van der Waals surface area contributed by atoms with Gasteiger partial charge in [0.2, 0.25) is 0 Å². The average molecular weight is 571 g/mol. The Morgan fingerprint density at radius 1 is 0.878 bits per heavy atom. The molecule has 2 aromatic carbocycles. The molecule has 2 rings (SSSR count). The molecule has 0 aliphatic rings. The topological polar surface area (TPSA) is 35.5 Å². The highest BCUT2D eigenvalue weighted by atomic mass is 28.4. The van der Waals surface area contributed by atoms with Gasteiger partial charge in [-0.05, 0) is 41.1 Å². The Morgan fingerprint density at radius 2 is 1.54 bits per heavy atom. The second kappa shape index (κ2) is 19.1. The first-order valence-electron chi connectivity index (χ1n) is 15.1. The van der Waals surface area contributed by atoms with E-state index in [1.165, 1.54) is 36.7 Å². The lowest BCUT2D eigenvalue weighted by Crippen LogP contribution is -2.67. The zero-order valence-electron chi connectivity index (χ0n) is 25.9. The van der Waals surface area contributed by atoms with Crippen molar-refractivity contribution in [1.82, 2.24) is 0 Å². The molecule has 0 bridgehead atoms. The number of carbonyl (C=O) groups excluding carboxylic acids is 1. The molecule has 0 N–H and O–H groups in total. The fourth-order valence-electron chi connectivity index (χ4n) is 4.92. The van der Waals surface area contributed by atoms with Crippen molar-refractivity contribution in [3.8, 4) is 11.8 Å². The van der Waals surface area contributed by atoms with Crippen LogP contribution in [-0.2, 0) is 14.0 Å². The van der Waals surface area contributed by atoms with Crippen LogP contribution in [0.25, 0.3) is 0 Å². The summed E-state index contributed by atoms with van der Waals surface area (Å²) in [6, 6.07) is 21.7. The molecule has 0 saturated heterocycles. The number of rotatable bonds is 16. The highest BCUT2D eigenvalue weighted by Crippen LogP contribution is 2.38. The highest BCUT2D eigenvalue weighted by Gasteiger charge is 2.51. The summed E-state index contributed by atoms with van der Waals surface area (Å²) in [6.07, 6.45) is 21.2. The molecule has 0 saturated carbocycles. The van der Waals surface area contributed by atoms with Crippen molar-refractivity contribution >= 4 is 24.7 Å². The molecule has 0 aliphatic heterocycles. The maximum Gasteiger partial charge on any atom is 0.305 e. The van der Waals surface area contributed by atoms with Crippen molar-refractivity contribution in [2.24, 2.45) is 0 Å². The quantitative estimate of drug-likeness (QED) is 0.0508. The average Bonchev–Trinajstić information content (AvgIpc) is 2.98. The molecule has 220 valence electrons.